The highest BCUT2D eigenvalue weighted by Crippen LogP contribution is 2.30. The van der Waals surface area contributed by atoms with Crippen LogP contribution in [0.2, 0.25) is 0 Å². The van der Waals surface area contributed by atoms with Gasteiger partial charge in [0.25, 0.3) is 0 Å². The summed E-state index contributed by atoms with van der Waals surface area (Å²) < 4.78 is 10.1. The van der Waals surface area contributed by atoms with Crippen LogP contribution in [0.5, 0.6) is 0 Å². The van der Waals surface area contributed by atoms with Gasteiger partial charge in [0.05, 0.1) is 17.3 Å². The van der Waals surface area contributed by atoms with E-state index in [-0.39, 0.29) is 5.82 Å². The van der Waals surface area contributed by atoms with Gasteiger partial charge in [-0.3, -0.25) is 0 Å². The van der Waals surface area contributed by atoms with Gasteiger partial charge in [0.2, 0.25) is 11.0 Å². The number of esters is 1. The van der Waals surface area contributed by atoms with Crippen molar-refractivity contribution in [3.63, 3.8) is 0 Å². The largest absolute Gasteiger partial charge is 0.463 e. The van der Waals surface area contributed by atoms with Crippen molar-refractivity contribution in [3.8, 4) is 0 Å². The van der Waals surface area contributed by atoms with Crippen LogP contribution < -0.4 is 9.80 Å². The molecule has 0 saturated carbocycles. The van der Waals surface area contributed by atoms with Crippen LogP contribution in [0, 0.1) is 6.92 Å². The zero-order valence-electron chi connectivity index (χ0n) is 14.5. The fraction of sp³-hybridized carbons (Fsp3) is 0.438. The first kappa shape index (κ1) is 17.1. The lowest BCUT2D eigenvalue weighted by Crippen LogP contribution is -2.31. The highest BCUT2D eigenvalue weighted by atomic mass is 32.1. The van der Waals surface area contributed by atoms with E-state index in [1.165, 1.54) is 18.6 Å². The maximum atomic E-state index is 11.9. The van der Waals surface area contributed by atoms with Gasteiger partial charge in [-0.15, -0.1) is 11.3 Å². The first-order valence-electron chi connectivity index (χ1n) is 8.29. The smallest absolute Gasteiger partial charge is 0.376 e. The van der Waals surface area contributed by atoms with Crippen LogP contribution in [0.15, 0.2) is 11.4 Å². The van der Waals surface area contributed by atoms with Gasteiger partial charge >= 0.3 is 5.97 Å². The highest BCUT2D eigenvalue weighted by Gasteiger charge is 2.23. The van der Waals surface area contributed by atoms with E-state index in [1.807, 2.05) is 18.4 Å². The molecular formula is C16H18N6O2S2. The second kappa shape index (κ2) is 7.12. The van der Waals surface area contributed by atoms with E-state index in [2.05, 4.69) is 29.1 Å². The molecule has 0 unspecified atom stereocenters. The van der Waals surface area contributed by atoms with Gasteiger partial charge in [0.1, 0.15) is 5.82 Å². The minimum absolute atomic E-state index is 0.106. The molecular weight excluding hydrogens is 372 g/mol. The van der Waals surface area contributed by atoms with Gasteiger partial charge in [-0.05, 0) is 24.8 Å². The van der Waals surface area contributed by atoms with E-state index in [9.17, 15) is 4.79 Å². The van der Waals surface area contributed by atoms with Crippen molar-refractivity contribution < 1.29 is 9.53 Å². The predicted molar refractivity (Wildman–Crippen MR) is 102 cm³/mol. The zero-order chi connectivity index (χ0) is 18.1. The van der Waals surface area contributed by atoms with E-state index in [0.29, 0.717) is 0 Å². The SMILES string of the molecule is COC(=O)c1nc(N2CCCN(c3nc(C)ns3)CC2)c2sccc2n1. The highest BCUT2D eigenvalue weighted by molar-refractivity contribution is 7.17. The quantitative estimate of drug-likeness (QED) is 0.630. The fourth-order valence-electron chi connectivity index (χ4n) is 2.98. The van der Waals surface area contributed by atoms with Crippen LogP contribution in [0.3, 0.4) is 0 Å². The minimum Gasteiger partial charge on any atom is -0.463 e. The van der Waals surface area contributed by atoms with Crippen molar-refractivity contribution >= 4 is 50.0 Å². The second-order valence-corrected chi connectivity index (χ2v) is 7.60. The van der Waals surface area contributed by atoms with Crippen LogP contribution in [0.1, 0.15) is 22.9 Å². The average molecular weight is 390 g/mol. The number of rotatable bonds is 3. The summed E-state index contributed by atoms with van der Waals surface area (Å²) in [4.78, 5) is 29.8. The number of aryl methyl sites for hydroxylation is 1. The molecule has 1 aliphatic heterocycles. The van der Waals surface area contributed by atoms with Gasteiger partial charge in [-0.25, -0.2) is 19.7 Å². The number of carbonyl (C=O) groups excluding carboxylic acids is 1. The number of methoxy groups -OCH3 is 1. The summed E-state index contributed by atoms with van der Waals surface area (Å²) in [6.07, 6.45) is 0.975. The molecule has 136 valence electrons. The van der Waals surface area contributed by atoms with Crippen molar-refractivity contribution in [3.05, 3.63) is 23.1 Å². The number of carbonyl (C=O) groups is 1. The molecule has 0 spiro atoms. The van der Waals surface area contributed by atoms with Gasteiger partial charge in [-0.1, -0.05) is 0 Å². The lowest BCUT2D eigenvalue weighted by molar-refractivity contribution is 0.0587. The Kier molecular flexibility index (Phi) is 4.68. The third-order valence-corrected chi connectivity index (χ3v) is 6.00. The third kappa shape index (κ3) is 3.21. The van der Waals surface area contributed by atoms with Crippen molar-refractivity contribution in [2.24, 2.45) is 0 Å². The Morgan fingerprint density at radius 2 is 1.96 bits per heavy atom. The van der Waals surface area contributed by atoms with Gasteiger partial charge in [0.15, 0.2) is 5.82 Å². The van der Waals surface area contributed by atoms with E-state index < -0.39 is 5.97 Å². The molecule has 0 atom stereocenters. The summed E-state index contributed by atoms with van der Waals surface area (Å²) in [5, 5.41) is 2.93. The summed E-state index contributed by atoms with van der Waals surface area (Å²) >= 11 is 3.03. The Balaban J connectivity index is 1.63. The van der Waals surface area contributed by atoms with Gasteiger partial charge in [-0.2, -0.15) is 4.37 Å². The Morgan fingerprint density at radius 1 is 1.15 bits per heavy atom. The van der Waals surface area contributed by atoms with E-state index >= 15 is 0 Å². The Hall–Kier alpha value is -2.33. The van der Waals surface area contributed by atoms with E-state index in [1.54, 1.807) is 11.3 Å². The molecule has 3 aromatic rings. The lowest BCUT2D eigenvalue weighted by Gasteiger charge is -2.23. The molecule has 26 heavy (non-hydrogen) atoms. The maximum Gasteiger partial charge on any atom is 0.376 e. The number of thiophene rings is 1. The first-order chi connectivity index (χ1) is 12.7. The topological polar surface area (TPSA) is 84.3 Å². The summed E-state index contributed by atoms with van der Waals surface area (Å²) in [7, 11) is 1.34. The average Bonchev–Trinajstić information content (AvgIpc) is 3.23. The number of anilines is 2. The zero-order valence-corrected chi connectivity index (χ0v) is 16.1. The Bertz CT molecular complexity index is 940. The van der Waals surface area contributed by atoms with Crippen molar-refractivity contribution in [2.45, 2.75) is 13.3 Å². The lowest BCUT2D eigenvalue weighted by atomic mass is 10.3. The molecule has 10 heteroatoms. The number of ether oxygens (including phenoxy) is 1. The van der Waals surface area contributed by atoms with Gasteiger partial charge < -0.3 is 14.5 Å². The van der Waals surface area contributed by atoms with Crippen molar-refractivity contribution in [2.75, 3.05) is 43.1 Å². The molecule has 3 aromatic heterocycles. The minimum atomic E-state index is -0.514. The Morgan fingerprint density at radius 3 is 2.73 bits per heavy atom. The van der Waals surface area contributed by atoms with Crippen molar-refractivity contribution in [1.29, 1.82) is 0 Å². The summed E-state index contributed by atoms with van der Waals surface area (Å²) in [6, 6.07) is 1.91. The van der Waals surface area contributed by atoms with Crippen LogP contribution in [-0.4, -0.2) is 58.6 Å². The standard InChI is InChI=1S/C16H18N6O2S2/c1-10-17-16(26-20-10)22-6-3-5-21(7-8-22)14-12-11(4-9-25-12)18-13(19-14)15(23)24-2/h4,9H,3,5-8H2,1-2H3. The normalized spacial score (nSPS) is 15.3. The fourth-order valence-corrected chi connectivity index (χ4v) is 4.55. The van der Waals surface area contributed by atoms with E-state index in [4.69, 9.17) is 4.74 Å². The summed E-state index contributed by atoms with van der Waals surface area (Å²) in [5.41, 5.74) is 0.779. The molecule has 8 nitrogen and oxygen atoms in total. The molecule has 0 aromatic carbocycles. The number of hydrogen-bond donors (Lipinski definition) is 0. The molecule has 1 saturated heterocycles. The third-order valence-electron chi connectivity index (χ3n) is 4.24. The molecule has 0 N–H and O–H groups in total. The second-order valence-electron chi connectivity index (χ2n) is 5.95. The van der Waals surface area contributed by atoms with E-state index in [0.717, 1.165) is 59.6 Å². The number of aromatic nitrogens is 4. The first-order valence-corrected chi connectivity index (χ1v) is 9.95. The number of fused-ring (bicyclic) bond motifs is 1. The predicted octanol–water partition coefficient (Wildman–Crippen LogP) is 2.35. The molecule has 4 heterocycles. The number of hydrogen-bond acceptors (Lipinski definition) is 10. The van der Waals surface area contributed by atoms with Crippen LogP contribution in [0.25, 0.3) is 10.2 Å². The van der Waals surface area contributed by atoms with Gasteiger partial charge in [0, 0.05) is 37.7 Å². The molecule has 4 rings (SSSR count). The van der Waals surface area contributed by atoms with Crippen LogP contribution in [-0.2, 0) is 4.74 Å². The van der Waals surface area contributed by atoms with Crippen LogP contribution in [0.4, 0.5) is 10.9 Å². The summed E-state index contributed by atoms with van der Waals surface area (Å²) in [6.45, 7) is 5.32. The summed E-state index contributed by atoms with van der Waals surface area (Å²) in [5.74, 6) is 1.21. The molecule has 0 bridgehead atoms. The molecule has 1 fully saturated rings. The maximum absolute atomic E-state index is 11.9. The monoisotopic (exact) mass is 390 g/mol. The molecule has 0 aliphatic carbocycles. The number of nitrogens with zero attached hydrogens (tertiary/aromatic N) is 6. The molecule has 0 amide bonds. The van der Waals surface area contributed by atoms with Crippen LogP contribution >= 0.6 is 22.9 Å². The Labute approximate surface area is 158 Å². The van der Waals surface area contributed by atoms with Crippen molar-refractivity contribution in [1.82, 2.24) is 19.3 Å². The molecule has 0 radical (unpaired) electrons. The molecule has 1 aliphatic rings.